The summed E-state index contributed by atoms with van der Waals surface area (Å²) in [4.78, 5) is 31.3. The number of hydrogen-bond donors (Lipinski definition) is 2. The fraction of sp³-hybridized carbons (Fsp3) is 0.350. The van der Waals surface area contributed by atoms with E-state index < -0.39 is 11.4 Å². The second-order valence-electron chi connectivity index (χ2n) is 7.43. The Labute approximate surface area is 176 Å². The van der Waals surface area contributed by atoms with Crippen molar-refractivity contribution in [1.82, 2.24) is 14.9 Å². The number of aromatic carboxylic acids is 1. The number of hydrogen-bond acceptors (Lipinski definition) is 5. The maximum absolute atomic E-state index is 12.6. The number of nitrogens with zero attached hydrogens (tertiary/aromatic N) is 2. The molecule has 2 aliphatic rings. The number of halogens is 1. The molecular formula is C20H20BrN3O3S. The third kappa shape index (κ3) is 3.19. The number of carboxylic acid groups (broad SMARTS) is 1. The molecule has 8 heteroatoms. The fourth-order valence-electron chi connectivity index (χ4n) is 3.70. The van der Waals surface area contributed by atoms with Crippen LogP contribution in [0.1, 0.15) is 46.6 Å². The van der Waals surface area contributed by atoms with Crippen LogP contribution in [0.4, 0.5) is 0 Å². The molecule has 0 aromatic carbocycles. The summed E-state index contributed by atoms with van der Waals surface area (Å²) in [6.07, 6.45) is 4.45. The van der Waals surface area contributed by atoms with Crippen LogP contribution in [0.5, 0.6) is 0 Å². The molecule has 6 nitrogen and oxygen atoms in total. The minimum atomic E-state index is -1.19. The molecule has 0 radical (unpaired) electrons. The van der Waals surface area contributed by atoms with E-state index in [4.69, 9.17) is 4.98 Å². The van der Waals surface area contributed by atoms with Crippen molar-refractivity contribution in [1.29, 1.82) is 0 Å². The first-order valence-electron chi connectivity index (χ1n) is 9.16. The van der Waals surface area contributed by atoms with Crippen molar-refractivity contribution in [2.75, 3.05) is 0 Å². The van der Waals surface area contributed by atoms with Crippen molar-refractivity contribution < 1.29 is 9.90 Å². The molecule has 3 aromatic rings. The van der Waals surface area contributed by atoms with Crippen LogP contribution in [0.3, 0.4) is 0 Å². The Balaban J connectivity index is 0.00000192. The molecule has 0 saturated heterocycles. The quantitative estimate of drug-likeness (QED) is 0.619. The minimum Gasteiger partial charge on any atom is -0.477 e. The van der Waals surface area contributed by atoms with E-state index >= 15 is 0 Å². The van der Waals surface area contributed by atoms with Gasteiger partial charge < -0.3 is 15.0 Å². The molecular weight excluding hydrogens is 442 g/mol. The number of aromatic nitrogens is 2. The molecule has 1 atom stereocenters. The highest BCUT2D eigenvalue weighted by Gasteiger charge is 2.28. The largest absolute Gasteiger partial charge is 0.477 e. The third-order valence-electron chi connectivity index (χ3n) is 5.33. The van der Waals surface area contributed by atoms with Crippen LogP contribution < -0.4 is 10.7 Å². The second-order valence-corrected chi connectivity index (χ2v) is 8.57. The van der Waals surface area contributed by atoms with E-state index in [1.165, 1.54) is 16.6 Å². The van der Waals surface area contributed by atoms with Gasteiger partial charge in [0.15, 0.2) is 0 Å². The lowest BCUT2D eigenvalue weighted by atomic mass is 10.1. The smallest absolute Gasteiger partial charge is 0.341 e. The molecule has 1 aliphatic heterocycles. The van der Waals surface area contributed by atoms with Gasteiger partial charge in [-0.2, -0.15) is 0 Å². The topological polar surface area (TPSA) is 84.2 Å². The molecule has 1 fully saturated rings. The summed E-state index contributed by atoms with van der Waals surface area (Å²) in [6.45, 7) is 3.06. The van der Waals surface area contributed by atoms with E-state index in [1.807, 2.05) is 10.6 Å². The number of fused-ring (bicyclic) bond motifs is 2. The van der Waals surface area contributed by atoms with E-state index in [0.29, 0.717) is 17.1 Å². The van der Waals surface area contributed by atoms with Crippen molar-refractivity contribution in [2.45, 2.75) is 44.8 Å². The molecule has 1 unspecified atom stereocenters. The first-order chi connectivity index (χ1) is 13.0. The van der Waals surface area contributed by atoms with Crippen LogP contribution in [0, 0.1) is 0 Å². The van der Waals surface area contributed by atoms with Gasteiger partial charge in [0.2, 0.25) is 5.43 Å². The van der Waals surface area contributed by atoms with Crippen LogP contribution in [-0.2, 0) is 13.0 Å². The normalized spacial score (nSPS) is 18.5. The lowest BCUT2D eigenvalue weighted by Crippen LogP contribution is -2.31. The van der Waals surface area contributed by atoms with Gasteiger partial charge >= 0.3 is 5.97 Å². The molecule has 4 heterocycles. The Bertz CT molecular complexity index is 1150. The van der Waals surface area contributed by atoms with Crippen molar-refractivity contribution in [3.8, 4) is 10.6 Å². The highest BCUT2D eigenvalue weighted by molar-refractivity contribution is 8.93. The zero-order chi connectivity index (χ0) is 18.7. The van der Waals surface area contributed by atoms with E-state index in [1.54, 1.807) is 17.4 Å². The second kappa shape index (κ2) is 7.09. The predicted octanol–water partition coefficient (Wildman–Crippen LogP) is 3.77. The zero-order valence-corrected chi connectivity index (χ0v) is 17.8. The molecule has 1 aliphatic carbocycles. The monoisotopic (exact) mass is 461 g/mol. The van der Waals surface area contributed by atoms with Gasteiger partial charge in [-0.3, -0.25) is 4.79 Å². The van der Waals surface area contributed by atoms with E-state index in [2.05, 4.69) is 18.3 Å². The summed E-state index contributed by atoms with van der Waals surface area (Å²) >= 11 is 1.76. The van der Waals surface area contributed by atoms with Gasteiger partial charge in [-0.05, 0) is 49.9 Å². The number of thiophene rings is 1. The predicted molar refractivity (Wildman–Crippen MR) is 115 cm³/mol. The lowest BCUT2D eigenvalue weighted by molar-refractivity contribution is 0.0695. The average molecular weight is 462 g/mol. The zero-order valence-electron chi connectivity index (χ0n) is 15.3. The van der Waals surface area contributed by atoms with Crippen LogP contribution in [0.2, 0.25) is 0 Å². The molecule has 0 spiro atoms. The SMILES string of the molecule is Br.CC1Cc2sc(-c3ccc4c(=O)c(C(=O)O)cn(C5CC5)c4n3)cc2CN1. The van der Waals surface area contributed by atoms with E-state index in [0.717, 1.165) is 36.4 Å². The van der Waals surface area contributed by atoms with E-state index in [9.17, 15) is 14.7 Å². The molecule has 5 rings (SSSR count). The standard InChI is InChI=1S/C20H19N3O3S.BrH/c1-10-6-16-11(8-21-10)7-17(27-16)15-5-4-13-18(24)14(20(25)26)9-23(12-2-3-12)19(13)22-15;/h4-5,7,9-10,12,21H,2-3,6,8H2,1H3,(H,25,26);1H. The van der Waals surface area contributed by atoms with Crippen LogP contribution in [0.25, 0.3) is 21.6 Å². The number of pyridine rings is 2. The van der Waals surface area contributed by atoms with E-state index in [-0.39, 0.29) is 28.6 Å². The highest BCUT2D eigenvalue weighted by atomic mass is 79.9. The minimum absolute atomic E-state index is 0. The van der Waals surface area contributed by atoms with Crippen LogP contribution >= 0.6 is 28.3 Å². The summed E-state index contributed by atoms with van der Waals surface area (Å²) < 4.78 is 1.88. The summed E-state index contributed by atoms with van der Waals surface area (Å²) in [5.41, 5.74) is 2.10. The molecule has 146 valence electrons. The average Bonchev–Trinajstić information content (AvgIpc) is 3.40. The Morgan fingerprint density at radius 3 is 2.86 bits per heavy atom. The molecule has 3 aromatic heterocycles. The van der Waals surface area contributed by atoms with Crippen LogP contribution in [0.15, 0.2) is 29.2 Å². The van der Waals surface area contributed by atoms with Gasteiger partial charge in [0.1, 0.15) is 11.2 Å². The van der Waals surface area contributed by atoms with Crippen LogP contribution in [-0.4, -0.2) is 26.7 Å². The van der Waals surface area contributed by atoms with Gasteiger partial charge in [0.25, 0.3) is 0 Å². The number of nitrogens with one attached hydrogen (secondary N) is 1. The van der Waals surface area contributed by atoms with Gasteiger partial charge in [-0.25, -0.2) is 9.78 Å². The number of carbonyl (C=O) groups is 1. The van der Waals surface area contributed by atoms with Crippen molar-refractivity contribution in [3.63, 3.8) is 0 Å². The number of rotatable bonds is 3. The molecule has 28 heavy (non-hydrogen) atoms. The summed E-state index contributed by atoms with van der Waals surface area (Å²) in [5.74, 6) is -1.19. The number of carboxylic acids is 1. The van der Waals surface area contributed by atoms with Crippen molar-refractivity contribution in [3.05, 3.63) is 50.6 Å². The maximum atomic E-state index is 12.6. The molecule has 2 N–H and O–H groups in total. The Morgan fingerprint density at radius 2 is 2.14 bits per heavy atom. The first-order valence-corrected chi connectivity index (χ1v) is 9.97. The Kier molecular flexibility index (Phi) is 4.89. The molecule has 1 saturated carbocycles. The molecule has 0 bridgehead atoms. The highest BCUT2D eigenvalue weighted by Crippen LogP contribution is 2.38. The van der Waals surface area contributed by atoms with Gasteiger partial charge in [-0.1, -0.05) is 0 Å². The van der Waals surface area contributed by atoms with Crippen molar-refractivity contribution >= 4 is 45.3 Å². The summed E-state index contributed by atoms with van der Waals surface area (Å²) in [5, 5.41) is 13.2. The Hall–Kier alpha value is -2.03. The third-order valence-corrected chi connectivity index (χ3v) is 6.55. The maximum Gasteiger partial charge on any atom is 0.341 e. The summed E-state index contributed by atoms with van der Waals surface area (Å²) in [6, 6.07) is 6.45. The van der Waals surface area contributed by atoms with Gasteiger partial charge in [-0.15, -0.1) is 28.3 Å². The summed E-state index contributed by atoms with van der Waals surface area (Å²) in [7, 11) is 0. The fourth-order valence-corrected chi connectivity index (χ4v) is 4.98. The first kappa shape index (κ1) is 19.3. The molecule has 0 amide bonds. The Morgan fingerprint density at radius 1 is 1.36 bits per heavy atom. The van der Waals surface area contributed by atoms with Gasteiger partial charge in [0, 0.05) is 29.7 Å². The van der Waals surface area contributed by atoms with Crippen molar-refractivity contribution in [2.24, 2.45) is 0 Å². The van der Waals surface area contributed by atoms with Gasteiger partial charge in [0.05, 0.1) is 16.0 Å². The lowest BCUT2D eigenvalue weighted by Gasteiger charge is -2.19.